The van der Waals surface area contributed by atoms with Crippen LogP contribution in [0.25, 0.3) is 0 Å². The van der Waals surface area contributed by atoms with Crippen molar-refractivity contribution in [3.05, 3.63) is 47.3 Å². The highest BCUT2D eigenvalue weighted by Crippen LogP contribution is 2.15. The fraction of sp³-hybridized carbons (Fsp3) is 0.250. The SMILES string of the molecule is CCSc1nc(C)cc(C(=O)Nc2cccc(C(=O)NC)c2)n1. The lowest BCUT2D eigenvalue weighted by atomic mass is 10.2. The minimum atomic E-state index is -0.331. The number of carbonyl (C=O) groups excluding carboxylic acids is 2. The first-order chi connectivity index (χ1) is 11.0. The Morgan fingerprint density at radius 3 is 2.65 bits per heavy atom. The fourth-order valence-corrected chi connectivity index (χ4v) is 2.56. The number of nitrogens with zero attached hydrogens (tertiary/aromatic N) is 2. The lowest BCUT2D eigenvalue weighted by Gasteiger charge is -2.08. The maximum atomic E-state index is 12.4. The van der Waals surface area contributed by atoms with Crippen molar-refractivity contribution in [1.82, 2.24) is 15.3 Å². The van der Waals surface area contributed by atoms with Crippen LogP contribution in [0.15, 0.2) is 35.5 Å². The zero-order valence-electron chi connectivity index (χ0n) is 13.2. The Kier molecular flexibility index (Phi) is 5.70. The van der Waals surface area contributed by atoms with Crippen LogP contribution >= 0.6 is 11.8 Å². The van der Waals surface area contributed by atoms with Crippen LogP contribution in [-0.4, -0.2) is 34.6 Å². The number of carbonyl (C=O) groups is 2. The number of rotatable bonds is 5. The second-order valence-corrected chi connectivity index (χ2v) is 5.96. The lowest BCUT2D eigenvalue weighted by Crippen LogP contribution is -2.19. The first kappa shape index (κ1) is 17.0. The maximum Gasteiger partial charge on any atom is 0.274 e. The standard InChI is InChI=1S/C16H18N4O2S/c1-4-23-16-18-10(2)8-13(20-16)15(22)19-12-7-5-6-11(9-12)14(21)17-3/h5-9H,4H2,1-3H3,(H,17,21)(H,19,22). The number of benzene rings is 1. The third-order valence-electron chi connectivity index (χ3n) is 2.95. The number of anilines is 1. The number of amides is 2. The molecule has 0 atom stereocenters. The van der Waals surface area contributed by atoms with Crippen molar-refractivity contribution >= 4 is 29.3 Å². The molecule has 1 heterocycles. The molecule has 7 heteroatoms. The average molecular weight is 330 g/mol. The summed E-state index contributed by atoms with van der Waals surface area (Å²) in [6.45, 7) is 3.82. The molecule has 0 fully saturated rings. The number of nitrogens with one attached hydrogen (secondary N) is 2. The molecular formula is C16H18N4O2S. The summed E-state index contributed by atoms with van der Waals surface area (Å²) in [5.41, 5.74) is 2.06. The van der Waals surface area contributed by atoms with Gasteiger partial charge in [-0.25, -0.2) is 9.97 Å². The van der Waals surface area contributed by atoms with E-state index in [9.17, 15) is 9.59 Å². The van der Waals surface area contributed by atoms with Crippen molar-refractivity contribution < 1.29 is 9.59 Å². The summed E-state index contributed by atoms with van der Waals surface area (Å²) >= 11 is 1.48. The zero-order valence-corrected chi connectivity index (χ0v) is 14.0. The third kappa shape index (κ3) is 4.53. The van der Waals surface area contributed by atoms with Gasteiger partial charge in [0, 0.05) is 24.0 Å². The van der Waals surface area contributed by atoms with Gasteiger partial charge in [0.15, 0.2) is 5.16 Å². The predicted molar refractivity (Wildman–Crippen MR) is 91.0 cm³/mol. The summed E-state index contributed by atoms with van der Waals surface area (Å²) in [7, 11) is 1.56. The minimum absolute atomic E-state index is 0.208. The van der Waals surface area contributed by atoms with Gasteiger partial charge in [-0.3, -0.25) is 9.59 Å². The molecule has 2 aromatic rings. The second kappa shape index (κ2) is 7.73. The molecule has 1 aromatic carbocycles. The van der Waals surface area contributed by atoms with Crippen LogP contribution < -0.4 is 10.6 Å². The molecule has 2 amide bonds. The summed E-state index contributed by atoms with van der Waals surface area (Å²) in [5, 5.41) is 5.88. The second-order valence-electron chi connectivity index (χ2n) is 4.72. The van der Waals surface area contributed by atoms with E-state index in [0.717, 1.165) is 11.4 Å². The van der Waals surface area contributed by atoms with Crippen LogP contribution in [0.1, 0.15) is 33.5 Å². The van der Waals surface area contributed by atoms with Crippen molar-refractivity contribution in [2.45, 2.75) is 19.0 Å². The van der Waals surface area contributed by atoms with Crippen LogP contribution in [0.2, 0.25) is 0 Å². The number of hydrogen-bond acceptors (Lipinski definition) is 5. The van der Waals surface area contributed by atoms with E-state index in [2.05, 4.69) is 20.6 Å². The van der Waals surface area contributed by atoms with Crippen molar-refractivity contribution in [1.29, 1.82) is 0 Å². The van der Waals surface area contributed by atoms with Gasteiger partial charge in [0.2, 0.25) is 0 Å². The van der Waals surface area contributed by atoms with Crippen LogP contribution in [0.3, 0.4) is 0 Å². The van der Waals surface area contributed by atoms with Crippen molar-refractivity contribution in [2.75, 3.05) is 18.1 Å². The van der Waals surface area contributed by atoms with Gasteiger partial charge in [0.05, 0.1) is 0 Å². The summed E-state index contributed by atoms with van der Waals surface area (Å²) in [4.78, 5) is 32.5. The Bertz CT molecular complexity index is 734. The molecule has 23 heavy (non-hydrogen) atoms. The minimum Gasteiger partial charge on any atom is -0.355 e. The normalized spacial score (nSPS) is 10.2. The molecule has 6 nitrogen and oxygen atoms in total. The molecule has 0 aliphatic carbocycles. The van der Waals surface area contributed by atoms with E-state index in [-0.39, 0.29) is 11.8 Å². The fourth-order valence-electron chi connectivity index (χ4n) is 1.93. The molecule has 2 rings (SSSR count). The summed E-state index contributed by atoms with van der Waals surface area (Å²) in [5.74, 6) is 0.293. The predicted octanol–water partition coefficient (Wildman–Crippen LogP) is 2.51. The van der Waals surface area contributed by atoms with E-state index in [0.29, 0.717) is 22.1 Å². The molecule has 0 saturated carbocycles. The number of thioether (sulfide) groups is 1. The molecule has 2 N–H and O–H groups in total. The highest BCUT2D eigenvalue weighted by Gasteiger charge is 2.12. The van der Waals surface area contributed by atoms with Crippen molar-refractivity contribution in [2.24, 2.45) is 0 Å². The van der Waals surface area contributed by atoms with Gasteiger partial charge in [0.1, 0.15) is 5.69 Å². The Hall–Kier alpha value is -2.41. The topological polar surface area (TPSA) is 84.0 Å². The Labute approximate surface area is 139 Å². The number of hydrogen-bond donors (Lipinski definition) is 2. The molecule has 1 aromatic heterocycles. The van der Waals surface area contributed by atoms with E-state index in [4.69, 9.17) is 0 Å². The van der Waals surface area contributed by atoms with E-state index < -0.39 is 0 Å². The average Bonchev–Trinajstić information content (AvgIpc) is 2.54. The highest BCUT2D eigenvalue weighted by molar-refractivity contribution is 7.99. The highest BCUT2D eigenvalue weighted by atomic mass is 32.2. The van der Waals surface area contributed by atoms with Crippen LogP contribution in [-0.2, 0) is 0 Å². The summed E-state index contributed by atoms with van der Waals surface area (Å²) in [6, 6.07) is 8.37. The van der Waals surface area contributed by atoms with E-state index in [1.807, 2.05) is 13.8 Å². The zero-order chi connectivity index (χ0) is 16.8. The molecule has 0 radical (unpaired) electrons. The van der Waals surface area contributed by atoms with Gasteiger partial charge in [-0.2, -0.15) is 0 Å². The maximum absolute atomic E-state index is 12.4. The first-order valence-corrected chi connectivity index (χ1v) is 8.14. The lowest BCUT2D eigenvalue weighted by molar-refractivity contribution is 0.0961. The first-order valence-electron chi connectivity index (χ1n) is 7.15. The molecule has 0 aliphatic heterocycles. The molecule has 0 unspecified atom stereocenters. The van der Waals surface area contributed by atoms with Gasteiger partial charge >= 0.3 is 0 Å². The molecule has 0 aliphatic rings. The van der Waals surface area contributed by atoms with Gasteiger partial charge in [-0.1, -0.05) is 24.8 Å². The summed E-state index contributed by atoms with van der Waals surface area (Å²) in [6.07, 6.45) is 0. The van der Waals surface area contributed by atoms with Crippen LogP contribution in [0.5, 0.6) is 0 Å². The molecule has 120 valence electrons. The Morgan fingerprint density at radius 2 is 1.96 bits per heavy atom. The van der Waals surface area contributed by atoms with E-state index in [1.54, 1.807) is 37.4 Å². The summed E-state index contributed by atoms with van der Waals surface area (Å²) < 4.78 is 0. The monoisotopic (exact) mass is 330 g/mol. The van der Waals surface area contributed by atoms with E-state index in [1.165, 1.54) is 11.8 Å². The molecule has 0 bridgehead atoms. The quantitative estimate of drug-likeness (QED) is 0.650. The Morgan fingerprint density at radius 1 is 1.17 bits per heavy atom. The van der Waals surface area contributed by atoms with Gasteiger partial charge in [0.25, 0.3) is 11.8 Å². The Balaban J connectivity index is 2.20. The van der Waals surface area contributed by atoms with Crippen molar-refractivity contribution in [3.63, 3.8) is 0 Å². The third-order valence-corrected chi connectivity index (χ3v) is 3.68. The number of aromatic nitrogens is 2. The van der Waals surface area contributed by atoms with Crippen molar-refractivity contribution in [3.8, 4) is 0 Å². The van der Waals surface area contributed by atoms with Crippen LogP contribution in [0, 0.1) is 6.92 Å². The van der Waals surface area contributed by atoms with E-state index >= 15 is 0 Å². The smallest absolute Gasteiger partial charge is 0.274 e. The van der Waals surface area contributed by atoms with Crippen LogP contribution in [0.4, 0.5) is 5.69 Å². The molecule has 0 spiro atoms. The number of aryl methyl sites for hydroxylation is 1. The largest absolute Gasteiger partial charge is 0.355 e. The van der Waals surface area contributed by atoms with Gasteiger partial charge in [-0.15, -0.1) is 0 Å². The van der Waals surface area contributed by atoms with Gasteiger partial charge < -0.3 is 10.6 Å². The van der Waals surface area contributed by atoms with Gasteiger partial charge in [-0.05, 0) is 36.9 Å². The molecule has 0 saturated heterocycles. The molecular weight excluding hydrogens is 312 g/mol.